The number of benzene rings is 3. The number of non-ortho nitro benzene ring substituents is 1. The van der Waals surface area contributed by atoms with Crippen molar-refractivity contribution in [2.75, 3.05) is 13.1 Å². The molecule has 1 aliphatic heterocycles. The van der Waals surface area contributed by atoms with Crippen LogP contribution in [-0.4, -0.2) is 51.4 Å². The third kappa shape index (κ3) is 7.54. The lowest BCUT2D eigenvalue weighted by molar-refractivity contribution is -0.384. The van der Waals surface area contributed by atoms with Gasteiger partial charge in [0.05, 0.1) is 28.5 Å². The molecule has 1 aliphatic rings. The van der Waals surface area contributed by atoms with Crippen LogP contribution in [0.15, 0.2) is 107 Å². The van der Waals surface area contributed by atoms with E-state index in [1.807, 2.05) is 36.4 Å². The fourth-order valence-electron chi connectivity index (χ4n) is 5.55. The molecule has 0 fully saturated rings. The minimum atomic E-state index is -1.26. The van der Waals surface area contributed by atoms with Gasteiger partial charge in [0.25, 0.3) is 5.69 Å². The Kier molecular flexibility index (Phi) is 10.1. The van der Waals surface area contributed by atoms with Crippen molar-refractivity contribution in [3.05, 3.63) is 134 Å². The summed E-state index contributed by atoms with van der Waals surface area (Å²) >= 11 is 0. The number of carbonyl (C=O) groups excluding carboxylic acids is 1. The average Bonchev–Trinajstić information content (AvgIpc) is 2.97. The minimum Gasteiger partial charge on any atom is -0.478 e. The second kappa shape index (κ2) is 13.9. The van der Waals surface area contributed by atoms with E-state index in [4.69, 9.17) is 4.74 Å². The minimum absolute atomic E-state index is 0.0178. The summed E-state index contributed by atoms with van der Waals surface area (Å²) in [6, 6.07) is 25.6. The van der Waals surface area contributed by atoms with Crippen molar-refractivity contribution in [1.82, 2.24) is 10.4 Å². The monoisotopic (exact) mass is 585 g/mol. The molecule has 3 N–H and O–H groups in total. The molecular weight excluding hydrogens is 550 g/mol. The Bertz CT molecular complexity index is 1500. The molecule has 10 nitrogen and oxygen atoms in total. The molecule has 0 amide bonds. The van der Waals surface area contributed by atoms with E-state index < -0.39 is 28.9 Å². The predicted octanol–water partition coefficient (Wildman–Crippen LogP) is 5.76. The second-order valence-corrected chi connectivity index (χ2v) is 10.6. The Morgan fingerprint density at radius 1 is 0.953 bits per heavy atom. The average molecular weight is 586 g/mol. The third-order valence-corrected chi connectivity index (χ3v) is 7.48. The number of ether oxygens (including phenoxy) is 1. The Balaban J connectivity index is 1.49. The van der Waals surface area contributed by atoms with Crippen LogP contribution in [-0.2, 0) is 14.3 Å². The lowest BCUT2D eigenvalue weighted by Crippen LogP contribution is -2.36. The standard InChI is InChI=1S/C33H35N3O7/c1-21(20-35(40)18-17-28(24-11-6-4-7-12-24)25-13-8-5-9-14-25)43-33(39)30-23(3)34-22(2)29(32(37)38)31(30)26-15-10-16-27(19-26)36(41)42/h4-16,19,21,28,31,34,40H,17-18,20H2,1-3H3,(H,37,38). The number of hydrogen-bond acceptors (Lipinski definition) is 8. The number of aliphatic carboxylic acids is 1. The highest BCUT2D eigenvalue weighted by molar-refractivity contribution is 5.99. The number of hydrogen-bond donors (Lipinski definition) is 3. The summed E-state index contributed by atoms with van der Waals surface area (Å²) in [5, 5.41) is 36.3. The largest absolute Gasteiger partial charge is 0.478 e. The summed E-state index contributed by atoms with van der Waals surface area (Å²) in [7, 11) is 0. The van der Waals surface area contributed by atoms with E-state index in [-0.39, 0.29) is 34.9 Å². The smallest absolute Gasteiger partial charge is 0.337 e. The number of esters is 1. The number of nitro groups is 1. The number of dihydropyridines is 1. The van der Waals surface area contributed by atoms with Crippen molar-refractivity contribution in [2.24, 2.45) is 0 Å². The van der Waals surface area contributed by atoms with Crippen LogP contribution in [0.3, 0.4) is 0 Å². The molecule has 0 saturated heterocycles. The van der Waals surface area contributed by atoms with Crippen LogP contribution in [0.5, 0.6) is 0 Å². The van der Waals surface area contributed by atoms with Gasteiger partial charge in [0.15, 0.2) is 0 Å². The fraction of sp³-hybridized carbons (Fsp3) is 0.273. The van der Waals surface area contributed by atoms with Gasteiger partial charge in [0.1, 0.15) is 6.10 Å². The maximum atomic E-state index is 13.5. The van der Waals surface area contributed by atoms with Crippen molar-refractivity contribution in [3.8, 4) is 0 Å². The molecule has 1 heterocycles. The number of carboxylic acid groups (broad SMARTS) is 1. The first kappa shape index (κ1) is 31.1. The number of nitro benzene ring substituents is 1. The molecule has 0 bridgehead atoms. The molecular formula is C33H35N3O7. The summed E-state index contributed by atoms with van der Waals surface area (Å²) in [5.74, 6) is -3.09. The molecule has 10 heteroatoms. The molecule has 4 rings (SSSR count). The van der Waals surface area contributed by atoms with E-state index >= 15 is 0 Å². The summed E-state index contributed by atoms with van der Waals surface area (Å²) < 4.78 is 5.71. The van der Waals surface area contributed by atoms with Crippen LogP contribution in [0.2, 0.25) is 0 Å². The third-order valence-electron chi connectivity index (χ3n) is 7.48. The Morgan fingerprint density at radius 2 is 1.53 bits per heavy atom. The molecule has 3 aromatic carbocycles. The molecule has 2 atom stereocenters. The number of nitrogens with zero attached hydrogens (tertiary/aromatic N) is 2. The van der Waals surface area contributed by atoms with Gasteiger partial charge in [-0.15, -0.1) is 0 Å². The first-order valence-corrected chi connectivity index (χ1v) is 14.0. The molecule has 2 unspecified atom stereocenters. The van der Waals surface area contributed by atoms with Crippen molar-refractivity contribution in [3.63, 3.8) is 0 Å². The SMILES string of the molecule is CC1=C(C(=O)O)C(c2cccc([N+](=O)[O-])c2)C(C(=O)OC(C)CN(O)CCC(c2ccccc2)c2ccccc2)=C(C)N1. The zero-order valence-electron chi connectivity index (χ0n) is 24.3. The molecule has 0 radical (unpaired) electrons. The van der Waals surface area contributed by atoms with Crippen molar-refractivity contribution >= 4 is 17.6 Å². The Morgan fingerprint density at radius 3 is 2.09 bits per heavy atom. The zero-order valence-corrected chi connectivity index (χ0v) is 24.3. The van der Waals surface area contributed by atoms with Gasteiger partial charge in [0, 0.05) is 36.0 Å². The van der Waals surface area contributed by atoms with Crippen LogP contribution in [0.4, 0.5) is 5.69 Å². The number of nitrogens with one attached hydrogen (secondary N) is 1. The van der Waals surface area contributed by atoms with Gasteiger partial charge in [-0.3, -0.25) is 10.1 Å². The molecule has 43 heavy (non-hydrogen) atoms. The zero-order chi connectivity index (χ0) is 31.1. The topological polar surface area (TPSA) is 142 Å². The highest BCUT2D eigenvalue weighted by Gasteiger charge is 2.38. The summed E-state index contributed by atoms with van der Waals surface area (Å²) in [6.45, 7) is 5.16. The number of hydroxylamine groups is 2. The number of carboxylic acids is 1. The van der Waals surface area contributed by atoms with E-state index in [9.17, 15) is 30.0 Å². The summed E-state index contributed by atoms with van der Waals surface area (Å²) in [6.07, 6.45) is -0.143. The molecule has 0 spiro atoms. The number of rotatable bonds is 12. The first-order chi connectivity index (χ1) is 20.6. The molecule has 0 saturated carbocycles. The Hall–Kier alpha value is -4.80. The van der Waals surface area contributed by atoms with E-state index in [1.165, 1.54) is 18.2 Å². The van der Waals surface area contributed by atoms with Crippen molar-refractivity contribution < 1.29 is 29.6 Å². The van der Waals surface area contributed by atoms with Gasteiger partial charge in [-0.25, -0.2) is 9.59 Å². The van der Waals surface area contributed by atoms with Crippen LogP contribution in [0.1, 0.15) is 55.7 Å². The van der Waals surface area contributed by atoms with Gasteiger partial charge in [-0.1, -0.05) is 72.8 Å². The van der Waals surface area contributed by atoms with E-state index in [0.29, 0.717) is 24.4 Å². The van der Waals surface area contributed by atoms with Gasteiger partial charge in [0.2, 0.25) is 0 Å². The van der Waals surface area contributed by atoms with Crippen molar-refractivity contribution in [2.45, 2.75) is 45.1 Å². The van der Waals surface area contributed by atoms with Gasteiger partial charge in [-0.2, -0.15) is 5.06 Å². The van der Waals surface area contributed by atoms with E-state index in [1.54, 1.807) is 26.8 Å². The maximum Gasteiger partial charge on any atom is 0.337 e. The maximum absolute atomic E-state index is 13.5. The van der Waals surface area contributed by atoms with Crippen molar-refractivity contribution in [1.29, 1.82) is 0 Å². The number of carbonyl (C=O) groups is 2. The van der Waals surface area contributed by atoms with Crippen LogP contribution < -0.4 is 5.32 Å². The molecule has 0 aliphatic carbocycles. The lowest BCUT2D eigenvalue weighted by Gasteiger charge is -2.30. The first-order valence-electron chi connectivity index (χ1n) is 14.0. The van der Waals surface area contributed by atoms with Crippen LogP contribution in [0.25, 0.3) is 0 Å². The molecule has 3 aromatic rings. The Labute approximate surface area is 250 Å². The van der Waals surface area contributed by atoms with E-state index in [2.05, 4.69) is 29.6 Å². The second-order valence-electron chi connectivity index (χ2n) is 10.6. The van der Waals surface area contributed by atoms with Crippen LogP contribution in [0, 0.1) is 10.1 Å². The number of allylic oxidation sites excluding steroid dienone is 2. The normalized spacial score (nSPS) is 15.8. The van der Waals surface area contributed by atoms with Gasteiger partial charge in [-0.05, 0) is 43.9 Å². The van der Waals surface area contributed by atoms with E-state index in [0.717, 1.165) is 16.2 Å². The van der Waals surface area contributed by atoms with Gasteiger partial charge >= 0.3 is 11.9 Å². The fourth-order valence-corrected chi connectivity index (χ4v) is 5.55. The summed E-state index contributed by atoms with van der Waals surface area (Å²) in [4.78, 5) is 36.7. The summed E-state index contributed by atoms with van der Waals surface area (Å²) in [5.41, 5.74) is 2.93. The molecule has 0 aromatic heterocycles. The highest BCUT2D eigenvalue weighted by atomic mass is 16.6. The highest BCUT2D eigenvalue weighted by Crippen LogP contribution is 2.40. The van der Waals surface area contributed by atoms with Gasteiger partial charge < -0.3 is 20.4 Å². The predicted molar refractivity (Wildman–Crippen MR) is 160 cm³/mol. The molecule has 224 valence electrons. The lowest BCUT2D eigenvalue weighted by atomic mass is 9.80. The van der Waals surface area contributed by atoms with Crippen LogP contribution >= 0.6 is 0 Å². The quantitative estimate of drug-likeness (QED) is 0.137.